The molecule has 0 saturated carbocycles. The average Bonchev–Trinajstić information content (AvgIpc) is 3.06. The van der Waals surface area contributed by atoms with E-state index in [1.54, 1.807) is 17.8 Å². The third-order valence-electron chi connectivity index (χ3n) is 4.61. The molecule has 2 atom stereocenters. The fraction of sp³-hybridized carbons (Fsp3) is 0.632. The van der Waals surface area contributed by atoms with E-state index in [4.69, 9.17) is 0 Å². The van der Waals surface area contributed by atoms with E-state index in [9.17, 15) is 18.3 Å². The van der Waals surface area contributed by atoms with Gasteiger partial charge in [-0.3, -0.25) is 4.99 Å². The molecule has 1 fully saturated rings. The summed E-state index contributed by atoms with van der Waals surface area (Å²) in [7, 11) is 0. The fourth-order valence-electron chi connectivity index (χ4n) is 2.88. The van der Waals surface area contributed by atoms with Gasteiger partial charge in [0.25, 0.3) is 0 Å². The maximum absolute atomic E-state index is 12.9. The second kappa shape index (κ2) is 9.68. The molecule has 0 aromatic heterocycles. The topological polar surface area (TPSA) is 56.7 Å². The van der Waals surface area contributed by atoms with Crippen LogP contribution in [0.25, 0.3) is 0 Å². The van der Waals surface area contributed by atoms with E-state index in [0.29, 0.717) is 43.3 Å². The predicted octanol–water partition coefficient (Wildman–Crippen LogP) is 3.62. The van der Waals surface area contributed by atoms with Gasteiger partial charge in [-0.05, 0) is 43.1 Å². The minimum atomic E-state index is -4.32. The van der Waals surface area contributed by atoms with E-state index < -0.39 is 17.3 Å². The van der Waals surface area contributed by atoms with E-state index in [1.165, 1.54) is 12.1 Å². The van der Waals surface area contributed by atoms with Crippen molar-refractivity contribution in [3.8, 4) is 0 Å². The Bertz CT molecular complexity index is 631. The van der Waals surface area contributed by atoms with Gasteiger partial charge in [0.1, 0.15) is 0 Å². The van der Waals surface area contributed by atoms with E-state index in [-0.39, 0.29) is 5.92 Å². The lowest BCUT2D eigenvalue weighted by atomic mass is 9.96. The lowest BCUT2D eigenvalue weighted by molar-refractivity contribution is -0.137. The summed E-state index contributed by atoms with van der Waals surface area (Å²) in [5.41, 5.74) is -0.679. The van der Waals surface area contributed by atoms with Gasteiger partial charge in [-0.2, -0.15) is 24.9 Å². The molecule has 1 aliphatic rings. The first-order valence-electron chi connectivity index (χ1n) is 9.23. The molecular formula is C19H28F3N3OS. The van der Waals surface area contributed by atoms with Gasteiger partial charge in [0.2, 0.25) is 0 Å². The first kappa shape index (κ1) is 21.9. The van der Waals surface area contributed by atoms with Crippen molar-refractivity contribution in [2.45, 2.75) is 44.4 Å². The number of guanidine groups is 1. The Hall–Kier alpha value is -1.41. The van der Waals surface area contributed by atoms with Gasteiger partial charge < -0.3 is 15.7 Å². The van der Waals surface area contributed by atoms with E-state index in [0.717, 1.165) is 18.2 Å². The summed E-state index contributed by atoms with van der Waals surface area (Å²) in [6, 6.07) is 5.49. The largest absolute Gasteiger partial charge is 0.416 e. The van der Waals surface area contributed by atoms with Crippen molar-refractivity contribution < 1.29 is 18.3 Å². The van der Waals surface area contributed by atoms with Crippen LogP contribution >= 0.6 is 11.8 Å². The number of aliphatic hydroxyl groups is 1. The summed E-state index contributed by atoms with van der Waals surface area (Å²) in [4.78, 5) is 4.47. The van der Waals surface area contributed by atoms with Gasteiger partial charge in [-0.15, -0.1) is 0 Å². The number of nitrogens with one attached hydrogen (secondary N) is 2. The minimum absolute atomic E-state index is 0.0157. The first-order valence-corrected chi connectivity index (χ1v) is 10.4. The zero-order chi connectivity index (χ0) is 19.9. The Morgan fingerprint density at radius 2 is 2.15 bits per heavy atom. The Kier molecular flexibility index (Phi) is 7.85. The standard InChI is InChI=1S/C19H28F3N3OS/c1-3-23-17(25-12-18(26)8-10-27-13-18)24-9-7-14(2)15-5-4-6-16(11-15)19(20,21)22/h4-6,11,14,26H,3,7-10,12-13H2,1-2H3,(H2,23,24,25). The van der Waals surface area contributed by atoms with Gasteiger partial charge >= 0.3 is 6.18 Å². The van der Waals surface area contributed by atoms with Crippen molar-refractivity contribution >= 4 is 17.7 Å². The molecule has 27 heavy (non-hydrogen) atoms. The van der Waals surface area contributed by atoms with Crippen molar-refractivity contribution in [1.29, 1.82) is 0 Å². The summed E-state index contributed by atoms with van der Waals surface area (Å²) >= 11 is 1.73. The van der Waals surface area contributed by atoms with Crippen molar-refractivity contribution in [2.24, 2.45) is 4.99 Å². The van der Waals surface area contributed by atoms with Gasteiger partial charge in [0.15, 0.2) is 5.96 Å². The van der Waals surface area contributed by atoms with Crippen LogP contribution in [-0.4, -0.2) is 47.8 Å². The SMILES string of the molecule is CCNC(=NCC1(O)CCSC1)NCCC(C)c1cccc(C(F)(F)F)c1. The molecule has 1 aliphatic heterocycles. The first-order chi connectivity index (χ1) is 12.7. The van der Waals surface area contributed by atoms with E-state index in [1.807, 2.05) is 13.8 Å². The Labute approximate surface area is 163 Å². The molecule has 4 nitrogen and oxygen atoms in total. The number of benzene rings is 1. The normalized spacial score (nSPS) is 21.9. The monoisotopic (exact) mass is 403 g/mol. The third kappa shape index (κ3) is 6.92. The molecule has 1 aromatic carbocycles. The van der Waals surface area contributed by atoms with Crippen molar-refractivity contribution in [2.75, 3.05) is 31.1 Å². The van der Waals surface area contributed by atoms with Crippen LogP contribution in [0.3, 0.4) is 0 Å². The van der Waals surface area contributed by atoms with Gasteiger partial charge in [0.05, 0.1) is 17.7 Å². The van der Waals surface area contributed by atoms with Gasteiger partial charge in [-0.25, -0.2) is 0 Å². The number of nitrogens with zero attached hydrogens (tertiary/aromatic N) is 1. The number of hydrogen-bond donors (Lipinski definition) is 3. The van der Waals surface area contributed by atoms with Crippen LogP contribution in [0.15, 0.2) is 29.3 Å². The van der Waals surface area contributed by atoms with Crippen LogP contribution in [0.4, 0.5) is 13.2 Å². The molecule has 0 radical (unpaired) electrons. The zero-order valence-corrected chi connectivity index (χ0v) is 16.6. The average molecular weight is 404 g/mol. The molecule has 2 unspecified atom stereocenters. The smallest absolute Gasteiger partial charge is 0.387 e. The van der Waals surface area contributed by atoms with Crippen molar-refractivity contribution in [3.63, 3.8) is 0 Å². The minimum Gasteiger partial charge on any atom is -0.387 e. The molecule has 2 rings (SSSR count). The quantitative estimate of drug-likeness (QED) is 0.481. The molecule has 0 spiro atoms. The highest BCUT2D eigenvalue weighted by atomic mass is 32.2. The Morgan fingerprint density at radius 3 is 2.78 bits per heavy atom. The maximum Gasteiger partial charge on any atom is 0.416 e. The van der Waals surface area contributed by atoms with Gasteiger partial charge in [-0.1, -0.05) is 25.1 Å². The molecule has 0 aliphatic carbocycles. The predicted molar refractivity (Wildman–Crippen MR) is 105 cm³/mol. The summed E-state index contributed by atoms with van der Waals surface area (Å²) < 4.78 is 38.6. The number of aliphatic imine (C=N–C) groups is 1. The molecule has 3 N–H and O–H groups in total. The zero-order valence-electron chi connectivity index (χ0n) is 15.8. The highest BCUT2D eigenvalue weighted by Gasteiger charge is 2.32. The van der Waals surface area contributed by atoms with E-state index >= 15 is 0 Å². The summed E-state index contributed by atoms with van der Waals surface area (Å²) in [6.45, 7) is 5.50. The molecule has 152 valence electrons. The Balaban J connectivity index is 1.88. The van der Waals surface area contributed by atoms with Crippen molar-refractivity contribution in [1.82, 2.24) is 10.6 Å². The number of rotatable bonds is 7. The summed E-state index contributed by atoms with van der Waals surface area (Å²) in [5.74, 6) is 2.25. The molecule has 1 aromatic rings. The van der Waals surface area contributed by atoms with Crippen LogP contribution in [0.1, 0.15) is 43.7 Å². The highest BCUT2D eigenvalue weighted by Crippen LogP contribution is 2.31. The molecule has 0 bridgehead atoms. The number of thioether (sulfide) groups is 1. The van der Waals surface area contributed by atoms with Crippen LogP contribution in [0.2, 0.25) is 0 Å². The molecule has 1 heterocycles. The molecule has 1 saturated heterocycles. The van der Waals surface area contributed by atoms with Crippen LogP contribution < -0.4 is 10.6 Å². The molecule has 0 amide bonds. The van der Waals surface area contributed by atoms with Gasteiger partial charge in [0, 0.05) is 18.8 Å². The number of halogens is 3. The van der Waals surface area contributed by atoms with Crippen LogP contribution in [-0.2, 0) is 6.18 Å². The van der Waals surface area contributed by atoms with Crippen LogP contribution in [0.5, 0.6) is 0 Å². The number of hydrogen-bond acceptors (Lipinski definition) is 3. The fourth-order valence-corrected chi connectivity index (χ4v) is 4.17. The van der Waals surface area contributed by atoms with E-state index in [2.05, 4.69) is 15.6 Å². The lowest BCUT2D eigenvalue weighted by Gasteiger charge is -2.20. The lowest BCUT2D eigenvalue weighted by Crippen LogP contribution is -2.40. The van der Waals surface area contributed by atoms with Crippen molar-refractivity contribution in [3.05, 3.63) is 35.4 Å². The highest BCUT2D eigenvalue weighted by molar-refractivity contribution is 7.99. The second-order valence-electron chi connectivity index (χ2n) is 6.96. The molecule has 8 heteroatoms. The summed E-state index contributed by atoms with van der Waals surface area (Å²) in [5, 5.41) is 16.7. The third-order valence-corrected chi connectivity index (χ3v) is 5.85. The van der Waals surface area contributed by atoms with Crippen LogP contribution in [0, 0.1) is 0 Å². The summed E-state index contributed by atoms with van der Waals surface area (Å²) in [6.07, 6.45) is -2.91. The second-order valence-corrected chi connectivity index (χ2v) is 8.07. The maximum atomic E-state index is 12.9. The Morgan fingerprint density at radius 1 is 1.37 bits per heavy atom. The molecular weight excluding hydrogens is 375 g/mol. The number of alkyl halides is 3.